The molecule has 0 saturated heterocycles. The van der Waals surface area contributed by atoms with E-state index < -0.39 is 0 Å². The van der Waals surface area contributed by atoms with Crippen LogP contribution in [0, 0.1) is 29.1 Å². The first-order valence-corrected chi connectivity index (χ1v) is 5.30. The first-order valence-electron chi connectivity index (χ1n) is 5.30. The van der Waals surface area contributed by atoms with E-state index in [1.54, 1.807) is 19.3 Å². The van der Waals surface area contributed by atoms with Crippen LogP contribution in [0.3, 0.4) is 0 Å². The lowest BCUT2D eigenvalue weighted by atomic mass is 10.1. The Hall–Kier alpha value is 0. The van der Waals surface area contributed by atoms with E-state index in [2.05, 4.69) is 13.8 Å². The molecular formula is C11H18. The molecule has 3 fully saturated rings. The van der Waals surface area contributed by atoms with Crippen LogP contribution in [0.4, 0.5) is 0 Å². The normalized spacial score (nSPS) is 60.0. The van der Waals surface area contributed by atoms with Crippen molar-refractivity contribution in [3.8, 4) is 0 Å². The van der Waals surface area contributed by atoms with Crippen LogP contribution in [0.2, 0.25) is 0 Å². The minimum absolute atomic E-state index is 0.927. The van der Waals surface area contributed by atoms with Gasteiger partial charge in [-0.2, -0.15) is 0 Å². The van der Waals surface area contributed by atoms with Gasteiger partial charge in [0, 0.05) is 0 Å². The number of hydrogen-bond donors (Lipinski definition) is 0. The Morgan fingerprint density at radius 1 is 1.36 bits per heavy atom. The third kappa shape index (κ3) is 0.625. The highest BCUT2D eigenvalue weighted by atomic mass is 14.8. The SMILES string of the molecule is CCC1C(C)C12CC2C1CC1. The summed E-state index contributed by atoms with van der Waals surface area (Å²) in [6, 6.07) is 0. The van der Waals surface area contributed by atoms with E-state index in [1.807, 2.05) is 0 Å². The summed E-state index contributed by atoms with van der Waals surface area (Å²) in [7, 11) is 0. The van der Waals surface area contributed by atoms with Gasteiger partial charge in [-0.1, -0.05) is 20.3 Å². The van der Waals surface area contributed by atoms with Crippen LogP contribution in [-0.4, -0.2) is 0 Å². The van der Waals surface area contributed by atoms with E-state index in [0.717, 1.165) is 17.3 Å². The van der Waals surface area contributed by atoms with Crippen molar-refractivity contribution in [3.63, 3.8) is 0 Å². The Morgan fingerprint density at radius 2 is 2.09 bits per heavy atom. The molecule has 0 aromatic carbocycles. The van der Waals surface area contributed by atoms with Crippen molar-refractivity contribution in [2.24, 2.45) is 29.1 Å². The number of hydrogen-bond acceptors (Lipinski definition) is 0. The average Bonchev–Trinajstić information content (AvgIpc) is 2.85. The van der Waals surface area contributed by atoms with Gasteiger partial charge in [0.05, 0.1) is 0 Å². The Bertz CT molecular complexity index is 192. The molecule has 0 aromatic rings. The highest BCUT2D eigenvalue weighted by Crippen LogP contribution is 2.82. The zero-order valence-electron chi connectivity index (χ0n) is 7.64. The van der Waals surface area contributed by atoms with Gasteiger partial charge in [-0.05, 0) is 48.3 Å². The fourth-order valence-electron chi connectivity index (χ4n) is 3.86. The maximum absolute atomic E-state index is 2.48. The van der Waals surface area contributed by atoms with Crippen molar-refractivity contribution in [2.75, 3.05) is 0 Å². The molecule has 62 valence electrons. The van der Waals surface area contributed by atoms with E-state index in [4.69, 9.17) is 0 Å². The molecule has 1 spiro atoms. The molecule has 0 amide bonds. The highest BCUT2D eigenvalue weighted by Gasteiger charge is 2.76. The fourth-order valence-corrected chi connectivity index (χ4v) is 3.86. The predicted octanol–water partition coefficient (Wildman–Crippen LogP) is 3.08. The molecule has 4 atom stereocenters. The van der Waals surface area contributed by atoms with Crippen LogP contribution in [0.15, 0.2) is 0 Å². The van der Waals surface area contributed by atoms with E-state index >= 15 is 0 Å². The standard InChI is InChI=1S/C11H18/c1-3-9-7(2)11(9)6-10(11)8-4-5-8/h7-10H,3-6H2,1-2H3. The van der Waals surface area contributed by atoms with Crippen LogP contribution in [-0.2, 0) is 0 Å². The smallest absolute Gasteiger partial charge is 0.0204 e. The van der Waals surface area contributed by atoms with Crippen molar-refractivity contribution < 1.29 is 0 Å². The van der Waals surface area contributed by atoms with E-state index in [0.29, 0.717) is 0 Å². The van der Waals surface area contributed by atoms with Crippen LogP contribution < -0.4 is 0 Å². The second kappa shape index (κ2) is 1.67. The molecule has 0 heteroatoms. The quantitative estimate of drug-likeness (QED) is 0.567. The summed E-state index contributed by atoms with van der Waals surface area (Å²) in [5.74, 6) is 4.61. The lowest BCUT2D eigenvalue weighted by Gasteiger charge is -1.91. The average molecular weight is 150 g/mol. The first kappa shape index (κ1) is 6.51. The Morgan fingerprint density at radius 3 is 2.55 bits per heavy atom. The van der Waals surface area contributed by atoms with Gasteiger partial charge in [-0.3, -0.25) is 0 Å². The van der Waals surface area contributed by atoms with Gasteiger partial charge in [-0.15, -0.1) is 0 Å². The Balaban J connectivity index is 1.72. The lowest BCUT2D eigenvalue weighted by Crippen LogP contribution is -1.86. The van der Waals surface area contributed by atoms with Gasteiger partial charge in [0.1, 0.15) is 0 Å². The summed E-state index contributed by atoms with van der Waals surface area (Å²) in [6.45, 7) is 4.86. The van der Waals surface area contributed by atoms with Crippen LogP contribution >= 0.6 is 0 Å². The second-order valence-corrected chi connectivity index (χ2v) is 5.06. The molecule has 3 rings (SSSR count). The van der Waals surface area contributed by atoms with E-state index in [1.165, 1.54) is 18.3 Å². The van der Waals surface area contributed by atoms with Crippen LogP contribution in [0.25, 0.3) is 0 Å². The summed E-state index contributed by atoms with van der Waals surface area (Å²) >= 11 is 0. The minimum atomic E-state index is 0.927. The molecule has 0 aromatic heterocycles. The largest absolute Gasteiger partial charge is 0.0651 e. The summed E-state index contributed by atoms with van der Waals surface area (Å²) in [4.78, 5) is 0. The van der Waals surface area contributed by atoms with Gasteiger partial charge < -0.3 is 0 Å². The molecule has 3 aliphatic carbocycles. The molecule has 3 aliphatic rings. The van der Waals surface area contributed by atoms with Crippen LogP contribution in [0.5, 0.6) is 0 Å². The molecule has 4 unspecified atom stereocenters. The molecule has 0 radical (unpaired) electrons. The van der Waals surface area contributed by atoms with Gasteiger partial charge >= 0.3 is 0 Å². The summed E-state index contributed by atoms with van der Waals surface area (Å²) in [6.07, 6.45) is 6.19. The van der Waals surface area contributed by atoms with Gasteiger partial charge in [0.2, 0.25) is 0 Å². The van der Waals surface area contributed by atoms with Crippen molar-refractivity contribution in [2.45, 2.75) is 39.5 Å². The molecule has 3 saturated carbocycles. The van der Waals surface area contributed by atoms with Crippen molar-refractivity contribution in [3.05, 3.63) is 0 Å². The summed E-state index contributed by atoms with van der Waals surface area (Å²) in [5.41, 5.74) is 0.927. The Kier molecular flexibility index (Phi) is 0.990. The zero-order valence-corrected chi connectivity index (χ0v) is 7.64. The molecule has 0 bridgehead atoms. The van der Waals surface area contributed by atoms with Gasteiger partial charge in [-0.25, -0.2) is 0 Å². The second-order valence-electron chi connectivity index (χ2n) is 5.06. The molecule has 0 N–H and O–H groups in total. The molecular weight excluding hydrogens is 132 g/mol. The minimum Gasteiger partial charge on any atom is -0.0651 e. The topological polar surface area (TPSA) is 0 Å². The third-order valence-corrected chi connectivity index (χ3v) is 4.77. The lowest BCUT2D eigenvalue weighted by molar-refractivity contribution is 0.564. The molecule has 0 aliphatic heterocycles. The van der Waals surface area contributed by atoms with Crippen molar-refractivity contribution in [1.82, 2.24) is 0 Å². The van der Waals surface area contributed by atoms with Crippen molar-refractivity contribution in [1.29, 1.82) is 0 Å². The van der Waals surface area contributed by atoms with Gasteiger partial charge in [0.15, 0.2) is 0 Å². The zero-order chi connectivity index (χ0) is 7.64. The summed E-state index contributed by atoms with van der Waals surface area (Å²) < 4.78 is 0. The van der Waals surface area contributed by atoms with Gasteiger partial charge in [0.25, 0.3) is 0 Å². The maximum atomic E-state index is 2.48. The monoisotopic (exact) mass is 150 g/mol. The van der Waals surface area contributed by atoms with Crippen LogP contribution in [0.1, 0.15) is 39.5 Å². The molecule has 0 heterocycles. The van der Waals surface area contributed by atoms with Crippen molar-refractivity contribution >= 4 is 0 Å². The first-order chi connectivity index (χ1) is 5.30. The molecule has 0 nitrogen and oxygen atoms in total. The predicted molar refractivity (Wildman–Crippen MR) is 46.2 cm³/mol. The molecule has 11 heavy (non-hydrogen) atoms. The maximum Gasteiger partial charge on any atom is -0.0204 e. The highest BCUT2D eigenvalue weighted by molar-refractivity contribution is 5.24. The summed E-state index contributed by atoms with van der Waals surface area (Å²) in [5, 5.41) is 0. The Labute approximate surface area is 69.4 Å². The fraction of sp³-hybridized carbons (Fsp3) is 1.00. The van der Waals surface area contributed by atoms with E-state index in [-0.39, 0.29) is 0 Å². The van der Waals surface area contributed by atoms with E-state index in [9.17, 15) is 0 Å². The number of rotatable bonds is 2. The third-order valence-electron chi connectivity index (χ3n) is 4.77.